The van der Waals surface area contributed by atoms with Crippen LogP contribution < -0.4 is 16.2 Å². The van der Waals surface area contributed by atoms with Crippen LogP contribution in [-0.2, 0) is 11.3 Å². The third-order valence-corrected chi connectivity index (χ3v) is 6.30. The molecule has 0 bridgehead atoms. The lowest BCUT2D eigenvalue weighted by molar-refractivity contribution is -0.117. The van der Waals surface area contributed by atoms with E-state index in [0.717, 1.165) is 43.9 Å². The molecule has 0 unspecified atom stereocenters. The van der Waals surface area contributed by atoms with Gasteiger partial charge in [-0.25, -0.2) is 9.78 Å². The second kappa shape index (κ2) is 10.3. The van der Waals surface area contributed by atoms with Crippen molar-refractivity contribution in [2.75, 3.05) is 5.75 Å². The number of fused-ring (bicyclic) bond motifs is 1. The maximum atomic E-state index is 13.0. The normalized spacial score (nSPS) is 14.4. The Kier molecular flexibility index (Phi) is 7.77. The summed E-state index contributed by atoms with van der Waals surface area (Å²) in [5.74, 6) is -0.0252. The molecular formula is C21H27ClN4O3S. The molecule has 1 fully saturated rings. The molecule has 0 radical (unpaired) electrons. The first-order valence-electron chi connectivity index (χ1n) is 10.3. The minimum Gasteiger partial charge on any atom is -0.335 e. The molecule has 162 valence electrons. The van der Waals surface area contributed by atoms with Crippen molar-refractivity contribution in [3.63, 3.8) is 0 Å². The van der Waals surface area contributed by atoms with Crippen LogP contribution in [-0.4, -0.2) is 33.3 Å². The molecule has 1 aliphatic rings. The monoisotopic (exact) mass is 450 g/mol. The molecule has 7 nitrogen and oxygen atoms in total. The number of aromatic nitrogens is 2. The number of halogens is 1. The van der Waals surface area contributed by atoms with Crippen molar-refractivity contribution in [2.24, 2.45) is 5.92 Å². The number of carbonyl (C=O) groups excluding carboxylic acids is 2. The number of benzene rings is 1. The van der Waals surface area contributed by atoms with E-state index in [0.29, 0.717) is 33.5 Å². The molecule has 1 aromatic carbocycles. The van der Waals surface area contributed by atoms with E-state index in [9.17, 15) is 14.4 Å². The van der Waals surface area contributed by atoms with Gasteiger partial charge in [-0.15, -0.1) is 0 Å². The summed E-state index contributed by atoms with van der Waals surface area (Å²) in [4.78, 5) is 41.8. The summed E-state index contributed by atoms with van der Waals surface area (Å²) in [6.45, 7) is 4.68. The van der Waals surface area contributed by atoms with Gasteiger partial charge in [0.1, 0.15) is 0 Å². The van der Waals surface area contributed by atoms with E-state index >= 15 is 0 Å². The molecule has 1 aromatic heterocycles. The fourth-order valence-electron chi connectivity index (χ4n) is 3.45. The van der Waals surface area contributed by atoms with Crippen molar-refractivity contribution in [3.8, 4) is 0 Å². The summed E-state index contributed by atoms with van der Waals surface area (Å²) in [7, 11) is 0. The third kappa shape index (κ3) is 5.98. The van der Waals surface area contributed by atoms with Gasteiger partial charge in [-0.3, -0.25) is 19.5 Å². The Labute approximate surface area is 185 Å². The molecule has 1 heterocycles. The molecule has 3 rings (SSSR count). The largest absolute Gasteiger partial charge is 0.335 e. The number of carbonyl (C=O) groups is 2. The van der Waals surface area contributed by atoms with E-state index in [-0.39, 0.29) is 17.4 Å². The van der Waals surface area contributed by atoms with Gasteiger partial charge in [0.25, 0.3) is 5.56 Å². The number of imide groups is 1. The number of amides is 3. The zero-order chi connectivity index (χ0) is 21.7. The number of nitrogens with one attached hydrogen (secondary N) is 2. The van der Waals surface area contributed by atoms with Gasteiger partial charge in [0, 0.05) is 17.6 Å². The summed E-state index contributed by atoms with van der Waals surface area (Å²) in [6.07, 6.45) is 4.90. The second-order valence-electron chi connectivity index (χ2n) is 7.99. The van der Waals surface area contributed by atoms with Crippen molar-refractivity contribution in [3.05, 3.63) is 33.6 Å². The number of rotatable bonds is 7. The Morgan fingerprint density at radius 3 is 2.73 bits per heavy atom. The van der Waals surface area contributed by atoms with E-state index in [1.54, 1.807) is 22.8 Å². The fourth-order valence-corrected chi connectivity index (χ4v) is 4.44. The summed E-state index contributed by atoms with van der Waals surface area (Å²) in [6, 6.07) is 4.65. The first kappa shape index (κ1) is 22.6. The van der Waals surface area contributed by atoms with Crippen LogP contribution in [0, 0.1) is 5.92 Å². The molecule has 9 heteroatoms. The van der Waals surface area contributed by atoms with Crippen LogP contribution in [0.2, 0.25) is 5.02 Å². The molecule has 3 amide bonds. The van der Waals surface area contributed by atoms with Crippen molar-refractivity contribution in [2.45, 2.75) is 63.7 Å². The SMILES string of the molecule is CC(C)CCn1c(SCC(=O)NC(=O)NC2CCCC2)nc2cc(Cl)ccc2c1=O. The molecule has 0 saturated heterocycles. The van der Waals surface area contributed by atoms with Gasteiger partial charge < -0.3 is 5.32 Å². The van der Waals surface area contributed by atoms with E-state index in [1.807, 2.05) is 0 Å². The van der Waals surface area contributed by atoms with Crippen LogP contribution in [0.3, 0.4) is 0 Å². The molecule has 30 heavy (non-hydrogen) atoms. The molecule has 1 saturated carbocycles. The number of hydrogen-bond acceptors (Lipinski definition) is 5. The first-order valence-corrected chi connectivity index (χ1v) is 11.6. The van der Waals surface area contributed by atoms with Crippen LogP contribution in [0.5, 0.6) is 0 Å². The predicted octanol–water partition coefficient (Wildman–Crippen LogP) is 3.96. The Hall–Kier alpha value is -2.06. The van der Waals surface area contributed by atoms with E-state index in [4.69, 9.17) is 11.6 Å². The summed E-state index contributed by atoms with van der Waals surface area (Å²) in [5, 5.41) is 6.62. The molecular weight excluding hydrogens is 424 g/mol. The highest BCUT2D eigenvalue weighted by molar-refractivity contribution is 7.99. The molecule has 0 atom stereocenters. The minimum absolute atomic E-state index is 0.0156. The zero-order valence-electron chi connectivity index (χ0n) is 17.2. The highest BCUT2D eigenvalue weighted by Crippen LogP contribution is 2.21. The minimum atomic E-state index is -0.469. The zero-order valence-corrected chi connectivity index (χ0v) is 18.8. The summed E-state index contributed by atoms with van der Waals surface area (Å²) >= 11 is 7.20. The Bertz CT molecular complexity index is 986. The lowest BCUT2D eigenvalue weighted by atomic mass is 10.1. The topological polar surface area (TPSA) is 93.1 Å². The molecule has 2 aromatic rings. The van der Waals surface area contributed by atoms with Crippen molar-refractivity contribution in [1.29, 1.82) is 0 Å². The van der Waals surface area contributed by atoms with E-state index in [2.05, 4.69) is 29.5 Å². The average Bonchev–Trinajstić information content (AvgIpc) is 3.18. The van der Waals surface area contributed by atoms with E-state index < -0.39 is 11.9 Å². The maximum absolute atomic E-state index is 13.0. The van der Waals surface area contributed by atoms with Gasteiger partial charge in [0.05, 0.1) is 16.7 Å². The molecule has 2 N–H and O–H groups in total. The van der Waals surface area contributed by atoms with Crippen molar-refractivity contribution >= 4 is 46.2 Å². The smallest absolute Gasteiger partial charge is 0.321 e. The van der Waals surface area contributed by atoms with Crippen molar-refractivity contribution < 1.29 is 9.59 Å². The van der Waals surface area contributed by atoms with Gasteiger partial charge in [-0.05, 0) is 43.4 Å². The van der Waals surface area contributed by atoms with E-state index in [1.165, 1.54) is 0 Å². The van der Waals surface area contributed by atoms with Gasteiger partial charge in [0.15, 0.2) is 5.16 Å². The van der Waals surface area contributed by atoms with Crippen LogP contribution >= 0.6 is 23.4 Å². The van der Waals surface area contributed by atoms with Gasteiger partial charge in [-0.1, -0.05) is 50.1 Å². The highest BCUT2D eigenvalue weighted by Gasteiger charge is 2.19. The van der Waals surface area contributed by atoms with Gasteiger partial charge in [-0.2, -0.15) is 0 Å². The first-order chi connectivity index (χ1) is 14.3. The van der Waals surface area contributed by atoms with Crippen molar-refractivity contribution in [1.82, 2.24) is 20.2 Å². The quantitative estimate of drug-likeness (QED) is 0.492. The standard InChI is InChI=1S/C21H27ClN4O3S/c1-13(2)9-10-26-19(28)16-8-7-14(22)11-17(16)24-21(26)30-12-18(27)25-20(29)23-15-5-3-4-6-15/h7-8,11,13,15H,3-6,9-10,12H2,1-2H3,(H2,23,25,27,29). The molecule has 0 spiro atoms. The Morgan fingerprint density at radius 2 is 2.03 bits per heavy atom. The van der Waals surface area contributed by atoms with Gasteiger partial charge in [0.2, 0.25) is 5.91 Å². The lowest BCUT2D eigenvalue weighted by Gasteiger charge is -2.15. The average molecular weight is 451 g/mol. The highest BCUT2D eigenvalue weighted by atomic mass is 35.5. The summed E-state index contributed by atoms with van der Waals surface area (Å²) < 4.78 is 1.60. The number of urea groups is 1. The fraction of sp³-hybridized carbons (Fsp3) is 0.524. The Balaban J connectivity index is 1.72. The number of thioether (sulfide) groups is 1. The predicted molar refractivity (Wildman–Crippen MR) is 120 cm³/mol. The van der Waals surface area contributed by atoms with Crippen LogP contribution in [0.25, 0.3) is 10.9 Å². The molecule has 1 aliphatic carbocycles. The van der Waals surface area contributed by atoms with Crippen LogP contribution in [0.4, 0.5) is 4.79 Å². The number of nitrogens with zero attached hydrogens (tertiary/aromatic N) is 2. The van der Waals surface area contributed by atoms with Crippen LogP contribution in [0.1, 0.15) is 46.0 Å². The number of hydrogen-bond donors (Lipinski definition) is 2. The second-order valence-corrected chi connectivity index (χ2v) is 9.37. The third-order valence-electron chi connectivity index (χ3n) is 5.09. The lowest BCUT2D eigenvalue weighted by Crippen LogP contribution is -2.44. The van der Waals surface area contributed by atoms with Gasteiger partial charge >= 0.3 is 6.03 Å². The summed E-state index contributed by atoms with van der Waals surface area (Å²) in [5.41, 5.74) is 0.342. The molecule has 0 aliphatic heterocycles. The Morgan fingerprint density at radius 1 is 1.30 bits per heavy atom. The maximum Gasteiger partial charge on any atom is 0.321 e. The van der Waals surface area contributed by atoms with Crippen LogP contribution in [0.15, 0.2) is 28.2 Å².